The first kappa shape index (κ1) is 15.4. The molecule has 0 atom stereocenters. The van der Waals surface area contributed by atoms with Crippen molar-refractivity contribution in [3.8, 4) is 11.5 Å². The molecule has 2 rings (SSSR count). The van der Waals surface area contributed by atoms with Crippen molar-refractivity contribution in [1.29, 1.82) is 0 Å². The average molecular weight is 324 g/mol. The van der Waals surface area contributed by atoms with Crippen molar-refractivity contribution in [2.45, 2.75) is 6.18 Å². The Bertz CT molecular complexity index is 687. The number of ether oxygens (including phenoxy) is 1. The lowest BCUT2D eigenvalue weighted by Crippen LogP contribution is -2.08. The summed E-state index contributed by atoms with van der Waals surface area (Å²) >= 11 is 5.53. The van der Waals surface area contributed by atoms with Crippen LogP contribution in [0.4, 0.5) is 27.6 Å². The number of rotatable bonds is 2. The topological polar surface area (TPSA) is 35.2 Å². The van der Waals surface area contributed by atoms with E-state index in [9.17, 15) is 22.0 Å². The lowest BCUT2D eigenvalue weighted by atomic mass is 10.2. The van der Waals surface area contributed by atoms with Crippen LogP contribution in [0.25, 0.3) is 0 Å². The lowest BCUT2D eigenvalue weighted by molar-refractivity contribution is -0.140. The van der Waals surface area contributed by atoms with E-state index in [1.165, 1.54) is 0 Å². The molecule has 0 heterocycles. The van der Waals surface area contributed by atoms with Crippen LogP contribution in [-0.4, -0.2) is 0 Å². The van der Waals surface area contributed by atoms with Gasteiger partial charge in [-0.3, -0.25) is 0 Å². The van der Waals surface area contributed by atoms with Crippen LogP contribution in [-0.2, 0) is 6.18 Å². The van der Waals surface area contributed by atoms with Gasteiger partial charge in [-0.25, -0.2) is 8.78 Å². The Morgan fingerprint density at radius 1 is 1.00 bits per heavy atom. The van der Waals surface area contributed by atoms with Crippen molar-refractivity contribution in [2.24, 2.45) is 0 Å². The fourth-order valence-electron chi connectivity index (χ4n) is 1.54. The van der Waals surface area contributed by atoms with E-state index in [4.69, 9.17) is 22.1 Å². The van der Waals surface area contributed by atoms with Gasteiger partial charge in [0.05, 0.1) is 16.3 Å². The van der Waals surface area contributed by atoms with E-state index in [1.807, 2.05) is 0 Å². The number of hydrogen-bond acceptors (Lipinski definition) is 2. The molecule has 2 aromatic carbocycles. The summed E-state index contributed by atoms with van der Waals surface area (Å²) in [5, 5.41) is -0.308. The maximum Gasteiger partial charge on any atom is 0.419 e. The second-order valence-electron chi connectivity index (χ2n) is 4.05. The number of anilines is 1. The molecule has 0 aliphatic heterocycles. The van der Waals surface area contributed by atoms with E-state index < -0.39 is 23.4 Å². The molecule has 0 radical (unpaired) electrons. The fraction of sp³-hybridized carbons (Fsp3) is 0.0769. The van der Waals surface area contributed by atoms with E-state index in [1.54, 1.807) is 0 Å². The normalized spacial score (nSPS) is 11.5. The summed E-state index contributed by atoms with van der Waals surface area (Å²) in [6.07, 6.45) is -4.87. The van der Waals surface area contributed by atoms with Crippen LogP contribution in [0, 0.1) is 11.6 Å². The Kier molecular flexibility index (Phi) is 3.95. The van der Waals surface area contributed by atoms with Crippen molar-refractivity contribution >= 4 is 17.3 Å². The smallest absolute Gasteiger partial charge is 0.419 e. The van der Waals surface area contributed by atoms with Crippen LogP contribution >= 0.6 is 11.6 Å². The number of hydrogen-bond donors (Lipinski definition) is 1. The number of nitrogen functional groups attached to an aromatic ring is 1. The molecule has 2 N–H and O–H groups in total. The Morgan fingerprint density at radius 3 is 2.29 bits per heavy atom. The van der Waals surface area contributed by atoms with Crippen LogP contribution in [0.1, 0.15) is 5.56 Å². The monoisotopic (exact) mass is 323 g/mol. The van der Waals surface area contributed by atoms with Crippen LogP contribution in [0.5, 0.6) is 11.5 Å². The Labute approximate surface area is 120 Å². The molecule has 0 aliphatic rings. The average Bonchev–Trinajstić information content (AvgIpc) is 2.37. The molecule has 2 nitrogen and oxygen atoms in total. The lowest BCUT2D eigenvalue weighted by Gasteiger charge is -2.12. The molecule has 0 aliphatic carbocycles. The van der Waals surface area contributed by atoms with Gasteiger partial charge < -0.3 is 10.5 Å². The van der Waals surface area contributed by atoms with Crippen molar-refractivity contribution in [3.05, 3.63) is 52.6 Å². The summed E-state index contributed by atoms with van der Waals surface area (Å²) < 4.78 is 69.0. The molecule has 0 bridgehead atoms. The zero-order valence-electron chi connectivity index (χ0n) is 10.1. The standard InChI is InChI=1S/C13H7ClF5NO/c14-8-4-12(11(20)5-10(8)16)21-6-1-2-9(15)7(3-6)13(17,18)19/h1-5H,20H2. The quantitative estimate of drug-likeness (QED) is 0.622. The van der Waals surface area contributed by atoms with E-state index in [-0.39, 0.29) is 22.2 Å². The molecular formula is C13H7ClF5NO. The number of halogens is 6. The molecule has 0 spiro atoms. The Morgan fingerprint density at radius 2 is 1.67 bits per heavy atom. The van der Waals surface area contributed by atoms with Crippen molar-refractivity contribution in [1.82, 2.24) is 0 Å². The second kappa shape index (κ2) is 5.40. The first-order chi connectivity index (χ1) is 9.68. The third kappa shape index (κ3) is 3.36. The van der Waals surface area contributed by atoms with Gasteiger partial charge in [0.15, 0.2) is 5.75 Å². The molecule has 21 heavy (non-hydrogen) atoms. The molecule has 2 aromatic rings. The second-order valence-corrected chi connectivity index (χ2v) is 4.45. The minimum absolute atomic E-state index is 0.138. The highest BCUT2D eigenvalue weighted by molar-refractivity contribution is 6.31. The third-order valence-corrected chi connectivity index (χ3v) is 2.81. The van der Waals surface area contributed by atoms with Crippen LogP contribution in [0.15, 0.2) is 30.3 Å². The summed E-state index contributed by atoms with van der Waals surface area (Å²) in [7, 11) is 0. The molecule has 0 fully saturated rings. The summed E-state index contributed by atoms with van der Waals surface area (Å²) in [5.41, 5.74) is 3.83. The van der Waals surface area contributed by atoms with Gasteiger partial charge >= 0.3 is 6.18 Å². The number of nitrogens with two attached hydrogens (primary N) is 1. The van der Waals surface area contributed by atoms with Crippen molar-refractivity contribution in [3.63, 3.8) is 0 Å². The highest BCUT2D eigenvalue weighted by Crippen LogP contribution is 2.36. The molecule has 0 saturated heterocycles. The molecule has 0 amide bonds. The van der Waals surface area contributed by atoms with E-state index >= 15 is 0 Å². The van der Waals surface area contributed by atoms with E-state index in [2.05, 4.69) is 0 Å². The maximum absolute atomic E-state index is 13.1. The first-order valence-electron chi connectivity index (χ1n) is 5.47. The minimum atomic E-state index is -4.87. The van der Waals surface area contributed by atoms with Gasteiger partial charge in [0.1, 0.15) is 17.4 Å². The largest absolute Gasteiger partial charge is 0.455 e. The molecule has 0 aromatic heterocycles. The molecular weight excluding hydrogens is 317 g/mol. The van der Waals surface area contributed by atoms with Gasteiger partial charge in [-0.15, -0.1) is 0 Å². The SMILES string of the molecule is Nc1cc(F)c(Cl)cc1Oc1ccc(F)c(C(F)(F)F)c1. The Hall–Kier alpha value is -2.02. The Balaban J connectivity index is 2.39. The summed E-state index contributed by atoms with van der Waals surface area (Å²) in [4.78, 5) is 0. The molecule has 0 unspecified atom stereocenters. The zero-order valence-corrected chi connectivity index (χ0v) is 10.9. The van der Waals surface area contributed by atoms with Gasteiger partial charge in [-0.05, 0) is 18.2 Å². The van der Waals surface area contributed by atoms with Gasteiger partial charge in [-0.2, -0.15) is 13.2 Å². The predicted octanol–water partition coefficient (Wildman–Crippen LogP) is 5.01. The van der Waals surface area contributed by atoms with Gasteiger partial charge in [0.25, 0.3) is 0 Å². The fourth-order valence-corrected chi connectivity index (χ4v) is 1.70. The summed E-state index contributed by atoms with van der Waals surface area (Å²) in [6.45, 7) is 0. The number of alkyl halides is 3. The van der Waals surface area contributed by atoms with Crippen molar-refractivity contribution in [2.75, 3.05) is 5.73 Å². The van der Waals surface area contributed by atoms with Gasteiger partial charge in [-0.1, -0.05) is 11.6 Å². The molecule has 0 saturated carbocycles. The van der Waals surface area contributed by atoms with E-state index in [0.717, 1.165) is 18.2 Å². The molecule has 112 valence electrons. The maximum atomic E-state index is 13.1. The zero-order chi connectivity index (χ0) is 15.8. The first-order valence-corrected chi connectivity index (χ1v) is 5.85. The van der Waals surface area contributed by atoms with Gasteiger partial charge in [0.2, 0.25) is 0 Å². The van der Waals surface area contributed by atoms with Gasteiger partial charge in [0, 0.05) is 12.1 Å². The van der Waals surface area contributed by atoms with Crippen LogP contribution in [0.2, 0.25) is 5.02 Å². The number of benzene rings is 2. The highest BCUT2D eigenvalue weighted by atomic mass is 35.5. The van der Waals surface area contributed by atoms with Crippen LogP contribution in [0.3, 0.4) is 0 Å². The minimum Gasteiger partial charge on any atom is -0.455 e. The highest BCUT2D eigenvalue weighted by Gasteiger charge is 2.34. The third-order valence-electron chi connectivity index (χ3n) is 2.52. The summed E-state index contributed by atoms with van der Waals surface area (Å²) in [5.74, 6) is -2.67. The van der Waals surface area contributed by atoms with Crippen LogP contribution < -0.4 is 10.5 Å². The molecule has 8 heteroatoms. The summed E-state index contributed by atoms with van der Waals surface area (Å²) in [6, 6.07) is 3.96. The van der Waals surface area contributed by atoms with E-state index in [0.29, 0.717) is 12.1 Å². The predicted molar refractivity (Wildman–Crippen MR) is 67.3 cm³/mol. The van der Waals surface area contributed by atoms with Crippen molar-refractivity contribution < 1.29 is 26.7 Å².